The molecule has 0 saturated carbocycles. The van der Waals surface area contributed by atoms with E-state index in [1.54, 1.807) is 0 Å². The summed E-state index contributed by atoms with van der Waals surface area (Å²) < 4.78 is 6.56. The lowest BCUT2D eigenvalue weighted by atomic mass is 9.83. The number of rotatable bonds is 4. The number of furan rings is 1. The molecule has 9 aromatic carbocycles. The van der Waals surface area contributed by atoms with Gasteiger partial charge in [0.15, 0.2) is 0 Å². The van der Waals surface area contributed by atoms with E-state index in [0.29, 0.717) is 0 Å². The predicted octanol–water partition coefficient (Wildman–Crippen LogP) is 13.7. The van der Waals surface area contributed by atoms with E-state index < -0.39 is 0 Å². The third-order valence-corrected chi connectivity index (χ3v) is 10.1. The summed E-state index contributed by atoms with van der Waals surface area (Å²) in [6, 6.07) is 65.7. The van der Waals surface area contributed by atoms with Crippen molar-refractivity contribution in [1.82, 2.24) is 0 Å². The number of hydrogen-bond donors (Lipinski definition) is 0. The molecule has 1 heteroatoms. The zero-order valence-corrected chi connectivity index (χ0v) is 26.7. The van der Waals surface area contributed by atoms with E-state index in [4.69, 9.17) is 4.42 Å². The normalized spacial score (nSPS) is 11.7. The summed E-state index contributed by atoms with van der Waals surface area (Å²) in [5.74, 6) is 0. The van der Waals surface area contributed by atoms with Gasteiger partial charge in [-0.3, -0.25) is 0 Å². The molecule has 1 aromatic heterocycles. The molecule has 0 N–H and O–H groups in total. The zero-order chi connectivity index (χ0) is 32.3. The van der Waals surface area contributed by atoms with Crippen molar-refractivity contribution in [3.05, 3.63) is 182 Å². The maximum Gasteiger partial charge on any atom is 0.143 e. The van der Waals surface area contributed by atoms with Gasteiger partial charge in [-0.1, -0.05) is 170 Å². The monoisotopic (exact) mass is 622 g/mol. The Labute approximate surface area is 284 Å². The topological polar surface area (TPSA) is 13.1 Å². The van der Waals surface area contributed by atoms with E-state index in [9.17, 15) is 0 Å². The molecule has 0 bridgehead atoms. The van der Waals surface area contributed by atoms with Gasteiger partial charge < -0.3 is 4.42 Å². The van der Waals surface area contributed by atoms with Crippen LogP contribution >= 0.6 is 0 Å². The Morgan fingerprint density at radius 2 is 0.755 bits per heavy atom. The smallest absolute Gasteiger partial charge is 0.143 e. The number of para-hydroxylation sites is 1. The van der Waals surface area contributed by atoms with Crippen LogP contribution in [0.5, 0.6) is 0 Å². The molecule has 0 atom stereocenters. The summed E-state index contributed by atoms with van der Waals surface area (Å²) in [5, 5.41) is 9.75. The zero-order valence-electron chi connectivity index (χ0n) is 26.7. The largest absolute Gasteiger partial charge is 0.455 e. The summed E-state index contributed by atoms with van der Waals surface area (Å²) >= 11 is 0. The van der Waals surface area contributed by atoms with Gasteiger partial charge in [0.25, 0.3) is 0 Å². The fourth-order valence-corrected chi connectivity index (χ4v) is 7.92. The molecule has 10 rings (SSSR count). The van der Waals surface area contributed by atoms with Gasteiger partial charge in [0.1, 0.15) is 11.2 Å². The SMILES string of the molecule is c1ccc(-c2ccc(-c3c4ccccc4c(-c4ccc5oc6c(-c7ccccc7)cccc6c5c4)c4ccccc34)c3ccccc23)cc1. The molecule has 0 unspecified atom stereocenters. The third kappa shape index (κ3) is 4.33. The Morgan fingerprint density at radius 1 is 0.265 bits per heavy atom. The molecule has 10 aromatic rings. The Balaban J connectivity index is 1.24. The van der Waals surface area contributed by atoms with Gasteiger partial charge >= 0.3 is 0 Å². The van der Waals surface area contributed by atoms with Crippen molar-refractivity contribution in [2.24, 2.45) is 0 Å². The Morgan fingerprint density at radius 3 is 1.39 bits per heavy atom. The molecule has 1 nitrogen and oxygen atoms in total. The van der Waals surface area contributed by atoms with Crippen LogP contribution in [0, 0.1) is 0 Å². The molecular weight excluding hydrogens is 593 g/mol. The highest BCUT2D eigenvalue weighted by atomic mass is 16.3. The van der Waals surface area contributed by atoms with E-state index in [2.05, 4.69) is 182 Å². The number of benzene rings is 9. The van der Waals surface area contributed by atoms with Crippen LogP contribution in [0.3, 0.4) is 0 Å². The van der Waals surface area contributed by atoms with Crippen LogP contribution in [0.2, 0.25) is 0 Å². The molecule has 0 radical (unpaired) electrons. The summed E-state index contributed by atoms with van der Waals surface area (Å²) in [6.45, 7) is 0. The first-order valence-corrected chi connectivity index (χ1v) is 16.9. The first-order valence-electron chi connectivity index (χ1n) is 16.9. The minimum Gasteiger partial charge on any atom is -0.455 e. The molecular formula is C48H30O. The molecule has 1 heterocycles. The average Bonchev–Trinajstić information content (AvgIpc) is 3.55. The number of fused-ring (bicyclic) bond motifs is 6. The average molecular weight is 623 g/mol. The van der Waals surface area contributed by atoms with Crippen molar-refractivity contribution < 1.29 is 4.42 Å². The summed E-state index contributed by atoms with van der Waals surface area (Å²) in [6.07, 6.45) is 0. The first-order chi connectivity index (χ1) is 24.3. The molecule has 228 valence electrons. The van der Waals surface area contributed by atoms with Gasteiger partial charge in [0.05, 0.1) is 0 Å². The lowest BCUT2D eigenvalue weighted by Gasteiger charge is -2.19. The summed E-state index contributed by atoms with van der Waals surface area (Å²) in [4.78, 5) is 0. The van der Waals surface area contributed by atoms with Gasteiger partial charge in [-0.25, -0.2) is 0 Å². The Kier molecular flexibility index (Phi) is 6.25. The third-order valence-electron chi connectivity index (χ3n) is 10.1. The van der Waals surface area contributed by atoms with E-state index >= 15 is 0 Å². The van der Waals surface area contributed by atoms with Crippen LogP contribution in [-0.4, -0.2) is 0 Å². The van der Waals surface area contributed by atoms with Crippen molar-refractivity contribution >= 4 is 54.3 Å². The lowest BCUT2D eigenvalue weighted by Crippen LogP contribution is -1.92. The summed E-state index contributed by atoms with van der Waals surface area (Å²) in [5.41, 5.74) is 11.5. The summed E-state index contributed by atoms with van der Waals surface area (Å²) in [7, 11) is 0. The standard InChI is InChI=1S/C48H30O/c1-3-14-31(15-4-1)34-27-28-42(37-19-8-7-18-36(34)37)47-40-22-11-9-20-38(40)46(39-21-10-12-23-41(39)47)33-26-29-45-44(30-33)43-25-13-24-35(48(43)49-45)32-16-5-2-6-17-32/h1-30H. The Bertz CT molecular complexity index is 2800. The molecule has 0 aliphatic carbocycles. The number of hydrogen-bond acceptors (Lipinski definition) is 1. The first kappa shape index (κ1) is 27.7. The predicted molar refractivity (Wildman–Crippen MR) is 208 cm³/mol. The van der Waals surface area contributed by atoms with Crippen LogP contribution in [-0.2, 0) is 0 Å². The molecule has 0 aliphatic heterocycles. The van der Waals surface area contributed by atoms with Crippen LogP contribution in [0.1, 0.15) is 0 Å². The fourth-order valence-electron chi connectivity index (χ4n) is 7.92. The molecule has 0 spiro atoms. The highest BCUT2D eigenvalue weighted by molar-refractivity contribution is 6.24. The second-order valence-electron chi connectivity index (χ2n) is 12.8. The molecule has 0 amide bonds. The van der Waals surface area contributed by atoms with E-state index in [1.165, 1.54) is 65.7 Å². The van der Waals surface area contributed by atoms with Crippen molar-refractivity contribution in [3.8, 4) is 44.5 Å². The maximum atomic E-state index is 6.56. The molecule has 0 aliphatic rings. The van der Waals surface area contributed by atoms with Gasteiger partial charge in [0.2, 0.25) is 0 Å². The highest BCUT2D eigenvalue weighted by Crippen LogP contribution is 2.47. The van der Waals surface area contributed by atoms with Crippen molar-refractivity contribution in [2.45, 2.75) is 0 Å². The minimum atomic E-state index is 0.900. The van der Waals surface area contributed by atoms with Crippen LogP contribution < -0.4 is 0 Å². The van der Waals surface area contributed by atoms with Gasteiger partial charge in [-0.05, 0) is 83.4 Å². The second-order valence-corrected chi connectivity index (χ2v) is 12.8. The second kappa shape index (κ2) is 11.1. The van der Waals surface area contributed by atoms with Crippen molar-refractivity contribution in [1.29, 1.82) is 0 Å². The Hall–Kier alpha value is -6.44. The maximum absolute atomic E-state index is 6.56. The van der Waals surface area contributed by atoms with Crippen molar-refractivity contribution in [2.75, 3.05) is 0 Å². The van der Waals surface area contributed by atoms with E-state index in [1.807, 2.05) is 0 Å². The van der Waals surface area contributed by atoms with E-state index in [-0.39, 0.29) is 0 Å². The van der Waals surface area contributed by atoms with Gasteiger partial charge in [-0.2, -0.15) is 0 Å². The molecule has 0 saturated heterocycles. The highest BCUT2D eigenvalue weighted by Gasteiger charge is 2.20. The van der Waals surface area contributed by atoms with Crippen LogP contribution in [0.15, 0.2) is 186 Å². The molecule has 49 heavy (non-hydrogen) atoms. The van der Waals surface area contributed by atoms with Gasteiger partial charge in [-0.15, -0.1) is 0 Å². The minimum absolute atomic E-state index is 0.900. The van der Waals surface area contributed by atoms with E-state index in [0.717, 1.165) is 33.1 Å². The van der Waals surface area contributed by atoms with Gasteiger partial charge in [0, 0.05) is 16.3 Å². The van der Waals surface area contributed by atoms with Crippen LogP contribution in [0.25, 0.3) is 98.8 Å². The quantitative estimate of drug-likeness (QED) is 0.178. The lowest BCUT2D eigenvalue weighted by molar-refractivity contribution is 0.670. The molecule has 0 fully saturated rings. The van der Waals surface area contributed by atoms with Crippen molar-refractivity contribution in [3.63, 3.8) is 0 Å². The van der Waals surface area contributed by atoms with Crippen LogP contribution in [0.4, 0.5) is 0 Å². The fraction of sp³-hybridized carbons (Fsp3) is 0.